The van der Waals surface area contributed by atoms with Crippen molar-refractivity contribution >= 4 is 5.69 Å². The van der Waals surface area contributed by atoms with Crippen LogP contribution < -0.4 is 5.32 Å². The van der Waals surface area contributed by atoms with E-state index in [1.54, 1.807) is 6.20 Å². The SMILES string of the molecule is OC1CCN(Cc2ccccc2NCc2ncc[nH]2)CC1. The summed E-state index contributed by atoms with van der Waals surface area (Å²) in [5.74, 6) is 0.936. The molecule has 0 amide bonds. The fraction of sp³-hybridized carbons (Fsp3) is 0.438. The van der Waals surface area contributed by atoms with Crippen LogP contribution in [0.5, 0.6) is 0 Å². The number of nitrogens with one attached hydrogen (secondary N) is 2. The molecule has 0 spiro atoms. The van der Waals surface area contributed by atoms with Crippen LogP contribution in [0.1, 0.15) is 24.2 Å². The van der Waals surface area contributed by atoms with E-state index >= 15 is 0 Å². The molecule has 5 heteroatoms. The van der Waals surface area contributed by atoms with Gasteiger partial charge in [0.15, 0.2) is 0 Å². The average molecular weight is 286 g/mol. The van der Waals surface area contributed by atoms with Crippen molar-refractivity contribution in [3.05, 3.63) is 48.0 Å². The van der Waals surface area contributed by atoms with Gasteiger partial charge >= 0.3 is 0 Å². The van der Waals surface area contributed by atoms with Gasteiger partial charge in [0.1, 0.15) is 5.82 Å². The van der Waals surface area contributed by atoms with Gasteiger partial charge in [0, 0.05) is 37.7 Å². The number of para-hydroxylation sites is 1. The van der Waals surface area contributed by atoms with Gasteiger partial charge in [-0.2, -0.15) is 0 Å². The van der Waals surface area contributed by atoms with Crippen LogP contribution in [0.3, 0.4) is 0 Å². The van der Waals surface area contributed by atoms with E-state index in [4.69, 9.17) is 0 Å². The fourth-order valence-electron chi connectivity index (χ4n) is 2.72. The normalized spacial score (nSPS) is 17.0. The van der Waals surface area contributed by atoms with Crippen LogP contribution >= 0.6 is 0 Å². The maximum atomic E-state index is 9.59. The van der Waals surface area contributed by atoms with Crippen LogP contribution in [0.4, 0.5) is 5.69 Å². The summed E-state index contributed by atoms with van der Waals surface area (Å²) >= 11 is 0. The Kier molecular flexibility index (Phi) is 4.52. The minimum atomic E-state index is -0.117. The number of nitrogens with zero attached hydrogens (tertiary/aromatic N) is 2. The first-order valence-electron chi connectivity index (χ1n) is 7.52. The third kappa shape index (κ3) is 3.83. The number of likely N-dealkylation sites (tertiary alicyclic amines) is 1. The Morgan fingerprint density at radius 2 is 2.10 bits per heavy atom. The zero-order chi connectivity index (χ0) is 14.5. The summed E-state index contributed by atoms with van der Waals surface area (Å²) in [7, 11) is 0. The first-order valence-corrected chi connectivity index (χ1v) is 7.52. The quantitative estimate of drug-likeness (QED) is 0.786. The lowest BCUT2D eigenvalue weighted by molar-refractivity contribution is 0.0793. The van der Waals surface area contributed by atoms with Gasteiger partial charge in [0.05, 0.1) is 12.6 Å². The van der Waals surface area contributed by atoms with Gasteiger partial charge in [-0.15, -0.1) is 0 Å². The maximum Gasteiger partial charge on any atom is 0.125 e. The van der Waals surface area contributed by atoms with Crippen molar-refractivity contribution in [3.63, 3.8) is 0 Å². The number of aromatic amines is 1. The number of imidazole rings is 1. The highest BCUT2D eigenvalue weighted by molar-refractivity contribution is 5.51. The van der Waals surface area contributed by atoms with Gasteiger partial charge < -0.3 is 15.4 Å². The summed E-state index contributed by atoms with van der Waals surface area (Å²) in [5, 5.41) is 13.0. The van der Waals surface area contributed by atoms with E-state index in [1.807, 2.05) is 12.3 Å². The van der Waals surface area contributed by atoms with E-state index in [0.29, 0.717) is 6.54 Å². The Labute approximate surface area is 125 Å². The predicted molar refractivity (Wildman–Crippen MR) is 82.9 cm³/mol. The molecule has 2 aromatic rings. The second-order valence-electron chi connectivity index (χ2n) is 5.55. The minimum Gasteiger partial charge on any atom is -0.393 e. The number of aliphatic hydroxyl groups is 1. The number of aliphatic hydroxyl groups excluding tert-OH is 1. The number of rotatable bonds is 5. The molecule has 0 unspecified atom stereocenters. The second kappa shape index (κ2) is 6.74. The highest BCUT2D eigenvalue weighted by atomic mass is 16.3. The standard InChI is InChI=1S/C16H22N4O/c21-14-5-9-20(10-6-14)12-13-3-1-2-4-15(13)19-11-16-17-7-8-18-16/h1-4,7-8,14,19,21H,5-6,9-12H2,(H,17,18). The molecule has 0 aliphatic carbocycles. The molecule has 0 saturated carbocycles. The maximum absolute atomic E-state index is 9.59. The molecule has 1 fully saturated rings. The molecule has 0 atom stereocenters. The number of H-pyrrole nitrogens is 1. The van der Waals surface area contributed by atoms with Crippen LogP contribution in [0.2, 0.25) is 0 Å². The van der Waals surface area contributed by atoms with E-state index in [-0.39, 0.29) is 6.10 Å². The van der Waals surface area contributed by atoms with Crippen LogP contribution in [-0.4, -0.2) is 39.2 Å². The van der Waals surface area contributed by atoms with Gasteiger partial charge in [-0.25, -0.2) is 4.98 Å². The molecule has 0 radical (unpaired) electrons. The minimum absolute atomic E-state index is 0.117. The molecule has 2 heterocycles. The Morgan fingerprint density at radius 3 is 2.86 bits per heavy atom. The molecule has 1 saturated heterocycles. The Morgan fingerprint density at radius 1 is 1.29 bits per heavy atom. The first kappa shape index (κ1) is 14.1. The zero-order valence-electron chi connectivity index (χ0n) is 12.1. The summed E-state index contributed by atoms with van der Waals surface area (Å²) in [6, 6.07) is 8.40. The number of piperidine rings is 1. The summed E-state index contributed by atoms with van der Waals surface area (Å²) in [6.45, 7) is 3.55. The van der Waals surface area contributed by atoms with Gasteiger partial charge in [-0.3, -0.25) is 4.90 Å². The van der Waals surface area contributed by atoms with E-state index < -0.39 is 0 Å². The molecule has 5 nitrogen and oxygen atoms in total. The van der Waals surface area contributed by atoms with Crippen molar-refractivity contribution in [2.75, 3.05) is 18.4 Å². The van der Waals surface area contributed by atoms with Crippen molar-refractivity contribution in [3.8, 4) is 0 Å². The van der Waals surface area contributed by atoms with Crippen molar-refractivity contribution in [1.82, 2.24) is 14.9 Å². The fourth-order valence-corrected chi connectivity index (χ4v) is 2.72. The first-order chi connectivity index (χ1) is 10.3. The van der Waals surface area contributed by atoms with Crippen LogP contribution in [-0.2, 0) is 13.1 Å². The van der Waals surface area contributed by atoms with E-state index in [0.717, 1.165) is 44.0 Å². The monoisotopic (exact) mass is 286 g/mol. The molecule has 0 bridgehead atoms. The van der Waals surface area contributed by atoms with Crippen LogP contribution in [0, 0.1) is 0 Å². The van der Waals surface area contributed by atoms with Crippen molar-refractivity contribution in [1.29, 1.82) is 0 Å². The lowest BCUT2D eigenvalue weighted by atomic mass is 10.1. The van der Waals surface area contributed by atoms with Gasteiger partial charge in [-0.1, -0.05) is 18.2 Å². The molecule has 3 rings (SSSR count). The number of hydrogen-bond donors (Lipinski definition) is 3. The van der Waals surface area contributed by atoms with E-state index in [2.05, 4.69) is 38.4 Å². The Hall–Kier alpha value is -1.85. The highest BCUT2D eigenvalue weighted by Gasteiger charge is 2.17. The second-order valence-corrected chi connectivity index (χ2v) is 5.55. The molecule has 3 N–H and O–H groups in total. The van der Waals surface area contributed by atoms with Crippen molar-refractivity contribution < 1.29 is 5.11 Å². The molecular weight excluding hydrogens is 264 g/mol. The third-order valence-electron chi connectivity index (χ3n) is 3.97. The summed E-state index contributed by atoms with van der Waals surface area (Å²) < 4.78 is 0. The molecule has 1 aromatic heterocycles. The molecule has 112 valence electrons. The molecule has 1 aliphatic rings. The Bertz CT molecular complexity index is 547. The largest absolute Gasteiger partial charge is 0.393 e. The summed E-state index contributed by atoms with van der Waals surface area (Å²) in [6.07, 6.45) is 5.24. The molecule has 21 heavy (non-hydrogen) atoms. The number of anilines is 1. The summed E-state index contributed by atoms with van der Waals surface area (Å²) in [5.41, 5.74) is 2.44. The van der Waals surface area contributed by atoms with Crippen LogP contribution in [0.25, 0.3) is 0 Å². The number of benzene rings is 1. The molecule has 1 aromatic carbocycles. The predicted octanol–water partition coefficient (Wildman–Crippen LogP) is 1.98. The lowest BCUT2D eigenvalue weighted by Gasteiger charge is -2.30. The Balaban J connectivity index is 1.62. The molecular formula is C16H22N4O. The summed E-state index contributed by atoms with van der Waals surface area (Å²) in [4.78, 5) is 9.73. The third-order valence-corrected chi connectivity index (χ3v) is 3.97. The number of hydrogen-bond acceptors (Lipinski definition) is 4. The topological polar surface area (TPSA) is 64.2 Å². The van der Waals surface area contributed by atoms with E-state index in [9.17, 15) is 5.11 Å². The smallest absolute Gasteiger partial charge is 0.125 e. The van der Waals surface area contributed by atoms with Crippen LogP contribution in [0.15, 0.2) is 36.7 Å². The van der Waals surface area contributed by atoms with E-state index in [1.165, 1.54) is 5.56 Å². The molecule has 1 aliphatic heterocycles. The lowest BCUT2D eigenvalue weighted by Crippen LogP contribution is -2.35. The van der Waals surface area contributed by atoms with Gasteiger partial charge in [0.25, 0.3) is 0 Å². The van der Waals surface area contributed by atoms with Gasteiger partial charge in [-0.05, 0) is 24.5 Å². The zero-order valence-corrected chi connectivity index (χ0v) is 12.1. The number of aromatic nitrogens is 2. The van der Waals surface area contributed by atoms with Crippen molar-refractivity contribution in [2.45, 2.75) is 32.0 Å². The van der Waals surface area contributed by atoms with Gasteiger partial charge in [0.2, 0.25) is 0 Å². The average Bonchev–Trinajstić information content (AvgIpc) is 3.02. The highest BCUT2D eigenvalue weighted by Crippen LogP contribution is 2.20. The van der Waals surface area contributed by atoms with Crippen molar-refractivity contribution in [2.24, 2.45) is 0 Å².